The third kappa shape index (κ3) is 6.22. The van der Waals surface area contributed by atoms with E-state index in [-0.39, 0.29) is 24.9 Å². The van der Waals surface area contributed by atoms with Crippen LogP contribution in [0.25, 0.3) is 0 Å². The molecule has 0 bridgehead atoms. The van der Waals surface area contributed by atoms with Crippen LogP contribution in [0.3, 0.4) is 0 Å². The zero-order valence-electron chi connectivity index (χ0n) is 17.9. The summed E-state index contributed by atoms with van der Waals surface area (Å²) in [7, 11) is 4.90. The molecule has 2 aromatic rings. The summed E-state index contributed by atoms with van der Waals surface area (Å²) in [6, 6.07) is 9.24. The van der Waals surface area contributed by atoms with E-state index in [0.29, 0.717) is 17.2 Å². The Bertz CT molecular complexity index is 873. The molecule has 7 nitrogen and oxygen atoms in total. The fourth-order valence-electron chi connectivity index (χ4n) is 3.27. The van der Waals surface area contributed by atoms with Gasteiger partial charge in [0, 0.05) is 11.8 Å². The number of hydrogen-bond donors (Lipinski definition) is 3. The fraction of sp³-hybridized carbons (Fsp3) is 0.364. The molecule has 0 saturated heterocycles. The van der Waals surface area contributed by atoms with E-state index in [9.17, 15) is 9.59 Å². The minimum absolute atomic E-state index is 0.132. The number of anilines is 2. The maximum atomic E-state index is 12.4. The van der Waals surface area contributed by atoms with Crippen molar-refractivity contribution in [1.29, 1.82) is 0 Å². The minimum Gasteiger partial charge on any atom is -0.497 e. The topological polar surface area (TPSA) is 81.1 Å². The lowest BCUT2D eigenvalue weighted by molar-refractivity contribution is -0.862. The van der Waals surface area contributed by atoms with E-state index in [4.69, 9.17) is 9.47 Å². The zero-order valence-corrected chi connectivity index (χ0v) is 17.9. The Morgan fingerprint density at radius 2 is 1.48 bits per heavy atom. The van der Waals surface area contributed by atoms with Crippen LogP contribution in [0.2, 0.25) is 0 Å². The van der Waals surface area contributed by atoms with Crippen molar-refractivity contribution in [3.63, 3.8) is 0 Å². The van der Waals surface area contributed by atoms with E-state index in [2.05, 4.69) is 10.6 Å². The Kier molecular flexibility index (Phi) is 7.61. The molecular weight excluding hydrogens is 370 g/mol. The van der Waals surface area contributed by atoms with E-state index >= 15 is 0 Å². The highest BCUT2D eigenvalue weighted by atomic mass is 16.5. The van der Waals surface area contributed by atoms with Crippen LogP contribution in [0.15, 0.2) is 30.3 Å². The van der Waals surface area contributed by atoms with Gasteiger partial charge in [-0.15, -0.1) is 0 Å². The second-order valence-corrected chi connectivity index (χ2v) is 7.25. The quantitative estimate of drug-likeness (QED) is 0.630. The molecule has 3 N–H and O–H groups in total. The number of amides is 2. The SMILES string of the molecule is COc1ccc(NC(=O)C[NH+](C)CC(=O)Nc2c(C)cc(C)cc2C)c(OC)c1. The molecule has 0 aliphatic rings. The number of methoxy groups -OCH3 is 2. The number of ether oxygens (including phenoxy) is 2. The van der Waals surface area contributed by atoms with Crippen LogP contribution >= 0.6 is 0 Å². The highest BCUT2D eigenvalue weighted by Gasteiger charge is 2.17. The van der Waals surface area contributed by atoms with E-state index in [0.717, 1.165) is 27.3 Å². The summed E-state index contributed by atoms with van der Waals surface area (Å²) in [4.78, 5) is 25.6. The van der Waals surface area contributed by atoms with Crippen molar-refractivity contribution >= 4 is 23.2 Å². The highest BCUT2D eigenvalue weighted by Crippen LogP contribution is 2.28. The van der Waals surface area contributed by atoms with Crippen LogP contribution in [-0.2, 0) is 9.59 Å². The van der Waals surface area contributed by atoms with Crippen LogP contribution in [0.4, 0.5) is 11.4 Å². The van der Waals surface area contributed by atoms with Crippen molar-refractivity contribution in [3.8, 4) is 11.5 Å². The minimum atomic E-state index is -0.207. The van der Waals surface area contributed by atoms with E-state index < -0.39 is 0 Å². The van der Waals surface area contributed by atoms with Crippen molar-refractivity contribution in [2.75, 3.05) is 45.0 Å². The van der Waals surface area contributed by atoms with Crippen LogP contribution in [0.5, 0.6) is 11.5 Å². The number of aryl methyl sites for hydroxylation is 3. The molecular formula is C22H30N3O4+. The lowest BCUT2D eigenvalue weighted by Crippen LogP contribution is -3.11. The summed E-state index contributed by atoms with van der Waals surface area (Å²) in [5, 5.41) is 5.78. The van der Waals surface area contributed by atoms with Gasteiger partial charge in [-0.05, 0) is 44.0 Å². The second kappa shape index (κ2) is 9.93. The van der Waals surface area contributed by atoms with Gasteiger partial charge in [-0.25, -0.2) is 0 Å². The highest BCUT2D eigenvalue weighted by molar-refractivity contribution is 5.94. The molecule has 0 aromatic heterocycles. The smallest absolute Gasteiger partial charge is 0.279 e. The van der Waals surface area contributed by atoms with E-state index in [1.54, 1.807) is 32.4 Å². The lowest BCUT2D eigenvalue weighted by Gasteiger charge is -2.17. The third-order valence-corrected chi connectivity index (χ3v) is 4.55. The van der Waals surface area contributed by atoms with Crippen molar-refractivity contribution in [2.24, 2.45) is 0 Å². The van der Waals surface area contributed by atoms with Crippen molar-refractivity contribution in [2.45, 2.75) is 20.8 Å². The molecule has 0 aliphatic carbocycles. The number of rotatable bonds is 8. The normalized spacial score (nSPS) is 11.5. The van der Waals surface area contributed by atoms with Crippen molar-refractivity contribution in [1.82, 2.24) is 0 Å². The molecule has 2 rings (SSSR count). The first-order valence-corrected chi connectivity index (χ1v) is 9.44. The first kappa shape index (κ1) is 22.2. The Morgan fingerprint density at radius 1 is 0.897 bits per heavy atom. The maximum absolute atomic E-state index is 12.4. The first-order valence-electron chi connectivity index (χ1n) is 9.44. The summed E-state index contributed by atoms with van der Waals surface area (Å²) < 4.78 is 10.4. The van der Waals surface area contributed by atoms with E-state index in [1.807, 2.05) is 32.9 Å². The molecule has 0 spiro atoms. The molecule has 156 valence electrons. The van der Waals surface area contributed by atoms with Crippen molar-refractivity contribution < 1.29 is 24.0 Å². The van der Waals surface area contributed by atoms with Gasteiger partial charge in [0.25, 0.3) is 11.8 Å². The molecule has 2 amide bonds. The number of carbonyl (C=O) groups is 2. The van der Waals surface area contributed by atoms with Crippen LogP contribution in [-0.4, -0.2) is 46.2 Å². The van der Waals surface area contributed by atoms with Crippen LogP contribution in [0.1, 0.15) is 16.7 Å². The molecule has 0 radical (unpaired) electrons. The van der Waals surface area contributed by atoms with Gasteiger partial charge in [0.15, 0.2) is 13.1 Å². The number of nitrogens with one attached hydrogen (secondary N) is 3. The summed E-state index contributed by atoms with van der Waals surface area (Å²) in [6.45, 7) is 6.30. The van der Waals surface area contributed by atoms with Gasteiger partial charge in [-0.2, -0.15) is 0 Å². The molecule has 0 aliphatic heterocycles. The number of carbonyl (C=O) groups excluding carboxylic acids is 2. The summed E-state index contributed by atoms with van der Waals surface area (Å²) in [5.74, 6) is 0.813. The fourth-order valence-corrected chi connectivity index (χ4v) is 3.27. The van der Waals surface area contributed by atoms with Gasteiger partial charge in [0.1, 0.15) is 11.5 Å². The van der Waals surface area contributed by atoms with Crippen LogP contribution < -0.4 is 25.0 Å². The largest absolute Gasteiger partial charge is 0.497 e. The average Bonchev–Trinajstić information content (AvgIpc) is 2.64. The number of likely N-dealkylation sites (N-methyl/N-ethyl adjacent to an activating group) is 1. The Hall–Kier alpha value is -3.06. The number of benzene rings is 2. The Morgan fingerprint density at radius 3 is 2.03 bits per heavy atom. The van der Waals surface area contributed by atoms with Gasteiger partial charge in [0.2, 0.25) is 0 Å². The predicted molar refractivity (Wildman–Crippen MR) is 114 cm³/mol. The lowest BCUT2D eigenvalue weighted by atomic mass is 10.1. The van der Waals surface area contributed by atoms with Crippen molar-refractivity contribution in [3.05, 3.63) is 47.0 Å². The molecule has 2 aromatic carbocycles. The number of quaternary nitrogens is 1. The molecule has 0 fully saturated rings. The van der Waals surface area contributed by atoms with Gasteiger partial charge in [-0.3, -0.25) is 9.59 Å². The monoisotopic (exact) mass is 400 g/mol. The van der Waals surface area contributed by atoms with E-state index in [1.165, 1.54) is 7.11 Å². The maximum Gasteiger partial charge on any atom is 0.279 e. The Balaban J connectivity index is 1.93. The number of hydrogen-bond acceptors (Lipinski definition) is 4. The van der Waals surface area contributed by atoms with Crippen LogP contribution in [0, 0.1) is 20.8 Å². The molecule has 0 saturated carbocycles. The third-order valence-electron chi connectivity index (χ3n) is 4.55. The predicted octanol–water partition coefficient (Wildman–Crippen LogP) is 1.72. The Labute approximate surface area is 172 Å². The second-order valence-electron chi connectivity index (χ2n) is 7.25. The van der Waals surface area contributed by atoms with Gasteiger partial charge < -0.3 is 25.0 Å². The first-order chi connectivity index (χ1) is 13.7. The summed E-state index contributed by atoms with van der Waals surface area (Å²) >= 11 is 0. The summed E-state index contributed by atoms with van der Waals surface area (Å²) in [6.07, 6.45) is 0. The molecule has 1 unspecified atom stereocenters. The molecule has 0 heterocycles. The van der Waals surface area contributed by atoms with Gasteiger partial charge in [-0.1, -0.05) is 17.7 Å². The summed E-state index contributed by atoms with van der Waals surface area (Å²) in [5.41, 5.74) is 4.60. The average molecular weight is 400 g/mol. The van der Waals surface area contributed by atoms with Gasteiger partial charge >= 0.3 is 0 Å². The molecule has 1 atom stereocenters. The van der Waals surface area contributed by atoms with Gasteiger partial charge in [0.05, 0.1) is 27.0 Å². The standard InChI is InChI=1S/C22H29N3O4/c1-14-9-15(2)22(16(3)10-14)24-21(27)13-25(4)12-20(26)23-18-8-7-17(28-5)11-19(18)29-6/h7-11H,12-13H2,1-6H3,(H,23,26)(H,24,27)/p+1. The molecule has 29 heavy (non-hydrogen) atoms. The molecule has 7 heteroatoms. The zero-order chi connectivity index (χ0) is 21.6.